The third-order valence-corrected chi connectivity index (χ3v) is 3.03. The Bertz CT molecular complexity index is 823. The summed E-state index contributed by atoms with van der Waals surface area (Å²) in [6.45, 7) is 2.03. The van der Waals surface area contributed by atoms with Crippen LogP contribution < -0.4 is 0 Å². The minimum Gasteiger partial charge on any atom is -0.337 e. The zero-order valence-electron chi connectivity index (χ0n) is 11.0. The maximum Gasteiger partial charge on any atom is 0.149 e. The van der Waals surface area contributed by atoms with E-state index in [0.717, 1.165) is 22.2 Å². The van der Waals surface area contributed by atoms with Crippen LogP contribution in [0, 0.1) is 18.3 Å². The van der Waals surface area contributed by atoms with Crippen molar-refractivity contribution in [1.29, 1.82) is 5.26 Å². The van der Waals surface area contributed by atoms with Gasteiger partial charge in [0.15, 0.2) is 0 Å². The van der Waals surface area contributed by atoms with E-state index in [-0.39, 0.29) is 0 Å². The molecule has 0 amide bonds. The predicted octanol–water partition coefficient (Wildman–Crippen LogP) is 3.33. The van der Waals surface area contributed by atoms with Gasteiger partial charge in [0.1, 0.15) is 11.9 Å². The van der Waals surface area contributed by atoms with Crippen molar-refractivity contribution in [2.45, 2.75) is 6.92 Å². The Balaban J connectivity index is 2.08. The first-order valence-electron chi connectivity index (χ1n) is 6.25. The summed E-state index contributed by atoms with van der Waals surface area (Å²) in [6, 6.07) is 11.9. The number of imidazole rings is 1. The fraction of sp³-hybridized carbons (Fsp3) is 0.0625. The summed E-state index contributed by atoms with van der Waals surface area (Å²) in [5.74, 6) is 0.588. The standard InChI is InChI=1S/C16H12N4/c1-11-2-3-14-15(8-11)20-16(19-14)13(10-17)9-12-4-6-18-7-5-12/h2-9H,1H3,(H,19,20)/b13-9-. The number of H-pyrrole nitrogens is 1. The van der Waals surface area contributed by atoms with Crippen LogP contribution in [0.25, 0.3) is 22.7 Å². The maximum atomic E-state index is 9.33. The summed E-state index contributed by atoms with van der Waals surface area (Å²) in [7, 11) is 0. The second kappa shape index (κ2) is 4.98. The van der Waals surface area contributed by atoms with Gasteiger partial charge < -0.3 is 4.98 Å². The fourth-order valence-corrected chi connectivity index (χ4v) is 2.03. The number of pyridine rings is 1. The highest BCUT2D eigenvalue weighted by atomic mass is 14.9. The lowest BCUT2D eigenvalue weighted by atomic mass is 10.1. The smallest absolute Gasteiger partial charge is 0.149 e. The Morgan fingerprint density at radius 2 is 2.05 bits per heavy atom. The molecule has 2 aromatic heterocycles. The van der Waals surface area contributed by atoms with Crippen molar-refractivity contribution in [3.8, 4) is 6.07 Å². The van der Waals surface area contributed by atoms with Gasteiger partial charge in [-0.3, -0.25) is 4.98 Å². The minimum atomic E-state index is 0.505. The van der Waals surface area contributed by atoms with Crippen molar-refractivity contribution < 1.29 is 0 Å². The molecule has 0 bridgehead atoms. The Kier molecular flexibility index (Phi) is 3.02. The maximum absolute atomic E-state index is 9.33. The molecule has 2 heterocycles. The molecule has 0 unspecified atom stereocenters. The van der Waals surface area contributed by atoms with E-state index >= 15 is 0 Å². The van der Waals surface area contributed by atoms with E-state index < -0.39 is 0 Å². The van der Waals surface area contributed by atoms with Crippen LogP contribution in [0.1, 0.15) is 17.0 Å². The highest BCUT2D eigenvalue weighted by molar-refractivity contribution is 5.90. The van der Waals surface area contributed by atoms with Crippen molar-refractivity contribution >= 4 is 22.7 Å². The molecular weight excluding hydrogens is 248 g/mol. The predicted molar refractivity (Wildman–Crippen MR) is 78.6 cm³/mol. The Morgan fingerprint density at radius 3 is 2.80 bits per heavy atom. The number of nitriles is 1. The minimum absolute atomic E-state index is 0.505. The van der Waals surface area contributed by atoms with Gasteiger partial charge in [-0.25, -0.2) is 4.98 Å². The van der Waals surface area contributed by atoms with Gasteiger partial charge in [-0.2, -0.15) is 5.26 Å². The number of aromatic nitrogens is 3. The van der Waals surface area contributed by atoms with Crippen LogP contribution in [0.5, 0.6) is 0 Å². The molecule has 0 saturated carbocycles. The largest absolute Gasteiger partial charge is 0.337 e. The van der Waals surface area contributed by atoms with Gasteiger partial charge >= 0.3 is 0 Å². The zero-order chi connectivity index (χ0) is 13.9. The lowest BCUT2D eigenvalue weighted by Gasteiger charge is -1.94. The van der Waals surface area contributed by atoms with E-state index in [9.17, 15) is 5.26 Å². The number of aromatic amines is 1. The number of hydrogen-bond acceptors (Lipinski definition) is 3. The highest BCUT2D eigenvalue weighted by Crippen LogP contribution is 2.19. The van der Waals surface area contributed by atoms with Crippen LogP contribution in [0.2, 0.25) is 0 Å². The molecule has 3 rings (SSSR count). The van der Waals surface area contributed by atoms with Gasteiger partial charge in [0.05, 0.1) is 16.6 Å². The number of fused-ring (bicyclic) bond motifs is 1. The average Bonchev–Trinajstić information content (AvgIpc) is 2.88. The molecular formula is C16H12N4. The number of aryl methyl sites for hydroxylation is 1. The molecule has 0 aliphatic heterocycles. The molecule has 4 nitrogen and oxygen atoms in total. The SMILES string of the molecule is Cc1ccc2nc(/C(C#N)=C\c3ccncc3)[nH]c2c1. The summed E-state index contributed by atoms with van der Waals surface area (Å²) in [6.07, 6.45) is 5.19. The number of rotatable bonds is 2. The van der Waals surface area contributed by atoms with E-state index in [0.29, 0.717) is 11.4 Å². The zero-order valence-corrected chi connectivity index (χ0v) is 11.0. The summed E-state index contributed by atoms with van der Waals surface area (Å²) in [4.78, 5) is 11.6. The van der Waals surface area contributed by atoms with Crippen LogP contribution in [0.3, 0.4) is 0 Å². The monoisotopic (exact) mass is 260 g/mol. The quantitative estimate of drug-likeness (QED) is 0.719. The van der Waals surface area contributed by atoms with E-state index in [2.05, 4.69) is 21.0 Å². The molecule has 0 aliphatic rings. The van der Waals surface area contributed by atoms with Gasteiger partial charge in [0.25, 0.3) is 0 Å². The third kappa shape index (κ3) is 2.29. The van der Waals surface area contributed by atoms with Crippen LogP contribution >= 0.6 is 0 Å². The fourth-order valence-electron chi connectivity index (χ4n) is 2.03. The first-order chi connectivity index (χ1) is 9.76. The summed E-state index contributed by atoms with van der Waals surface area (Å²) in [5.41, 5.74) is 4.39. The first-order valence-corrected chi connectivity index (χ1v) is 6.25. The molecule has 1 N–H and O–H groups in total. The second-order valence-corrected chi connectivity index (χ2v) is 4.56. The Labute approximate surface area is 116 Å². The molecule has 0 spiro atoms. The van der Waals surface area contributed by atoms with Gasteiger partial charge in [0.2, 0.25) is 0 Å². The number of nitrogens with one attached hydrogen (secondary N) is 1. The van der Waals surface area contributed by atoms with E-state index in [1.165, 1.54) is 0 Å². The summed E-state index contributed by atoms with van der Waals surface area (Å²) >= 11 is 0. The van der Waals surface area contributed by atoms with Crippen molar-refractivity contribution in [2.24, 2.45) is 0 Å². The van der Waals surface area contributed by atoms with Gasteiger partial charge in [-0.1, -0.05) is 6.07 Å². The van der Waals surface area contributed by atoms with Crippen molar-refractivity contribution in [3.05, 3.63) is 59.7 Å². The van der Waals surface area contributed by atoms with Crippen LogP contribution in [0.4, 0.5) is 0 Å². The lowest BCUT2D eigenvalue weighted by Crippen LogP contribution is -1.85. The van der Waals surface area contributed by atoms with E-state index in [1.54, 1.807) is 18.5 Å². The summed E-state index contributed by atoms with van der Waals surface area (Å²) < 4.78 is 0. The number of hydrogen-bond donors (Lipinski definition) is 1. The van der Waals surface area contributed by atoms with E-state index in [4.69, 9.17) is 0 Å². The second-order valence-electron chi connectivity index (χ2n) is 4.56. The molecule has 3 aromatic rings. The molecule has 0 atom stereocenters. The van der Waals surface area contributed by atoms with Crippen molar-refractivity contribution in [1.82, 2.24) is 15.0 Å². The van der Waals surface area contributed by atoms with E-state index in [1.807, 2.05) is 37.3 Å². The Morgan fingerprint density at radius 1 is 1.25 bits per heavy atom. The molecule has 20 heavy (non-hydrogen) atoms. The molecule has 1 aromatic carbocycles. The summed E-state index contributed by atoms with van der Waals surface area (Å²) in [5, 5.41) is 9.33. The lowest BCUT2D eigenvalue weighted by molar-refractivity contribution is 1.27. The molecule has 0 fully saturated rings. The van der Waals surface area contributed by atoms with Crippen LogP contribution in [0.15, 0.2) is 42.7 Å². The van der Waals surface area contributed by atoms with Crippen molar-refractivity contribution in [2.75, 3.05) is 0 Å². The molecule has 96 valence electrons. The number of allylic oxidation sites excluding steroid dienone is 1. The van der Waals surface area contributed by atoms with Gasteiger partial charge in [-0.15, -0.1) is 0 Å². The third-order valence-electron chi connectivity index (χ3n) is 3.03. The normalized spacial score (nSPS) is 11.5. The number of nitrogens with zero attached hydrogens (tertiary/aromatic N) is 3. The molecule has 4 heteroatoms. The molecule has 0 aliphatic carbocycles. The topological polar surface area (TPSA) is 65.4 Å². The molecule has 0 saturated heterocycles. The Hall–Kier alpha value is -2.93. The van der Waals surface area contributed by atoms with Crippen molar-refractivity contribution in [3.63, 3.8) is 0 Å². The van der Waals surface area contributed by atoms with Crippen LogP contribution in [-0.2, 0) is 0 Å². The van der Waals surface area contributed by atoms with Crippen LogP contribution in [-0.4, -0.2) is 15.0 Å². The highest BCUT2D eigenvalue weighted by Gasteiger charge is 2.07. The average molecular weight is 260 g/mol. The first kappa shape index (κ1) is 12.1. The van der Waals surface area contributed by atoms with Gasteiger partial charge in [-0.05, 0) is 48.4 Å². The van der Waals surface area contributed by atoms with Gasteiger partial charge in [0, 0.05) is 12.4 Å². The molecule has 0 radical (unpaired) electrons. The number of benzene rings is 1.